The Morgan fingerprint density at radius 1 is 0.556 bits per heavy atom. The summed E-state index contributed by atoms with van der Waals surface area (Å²) in [5.74, 6) is 2.99. The van der Waals surface area contributed by atoms with Crippen molar-refractivity contribution in [3.05, 3.63) is 0 Å². The van der Waals surface area contributed by atoms with E-state index in [2.05, 4.69) is 27.7 Å². The second-order valence-electron chi connectivity index (χ2n) is 21.5. The van der Waals surface area contributed by atoms with E-state index < -0.39 is 118 Å². The summed E-state index contributed by atoms with van der Waals surface area (Å²) in [6.45, 7) is 8.21. The van der Waals surface area contributed by atoms with Crippen molar-refractivity contribution in [3.63, 3.8) is 0 Å². The topological polar surface area (TPSA) is 276 Å². The zero-order chi connectivity index (χ0) is 44.9. The van der Waals surface area contributed by atoms with Gasteiger partial charge in [-0.25, -0.2) is 0 Å². The van der Waals surface area contributed by atoms with Gasteiger partial charge in [-0.2, -0.15) is 0 Å². The lowest BCUT2D eigenvalue weighted by Crippen LogP contribution is -2.67. The summed E-state index contributed by atoms with van der Waals surface area (Å²) in [6.07, 6.45) is -14.7. The summed E-state index contributed by atoms with van der Waals surface area (Å²) in [4.78, 5) is 0. The monoisotopic (exact) mass is 902 g/mol. The van der Waals surface area contributed by atoms with Gasteiger partial charge in [-0.1, -0.05) is 27.7 Å². The molecule has 9 rings (SSSR count). The van der Waals surface area contributed by atoms with Gasteiger partial charge in [-0.15, -0.1) is 0 Å². The van der Waals surface area contributed by atoms with Gasteiger partial charge in [-0.05, 0) is 104 Å². The van der Waals surface area contributed by atoms with Crippen LogP contribution < -0.4 is 0 Å². The molecule has 4 saturated carbocycles. The summed E-state index contributed by atoms with van der Waals surface area (Å²) in [6, 6.07) is 0. The molecular formula is C45H74O18. The average molecular weight is 903 g/mol. The van der Waals surface area contributed by atoms with Crippen molar-refractivity contribution in [2.24, 2.45) is 52.3 Å². The van der Waals surface area contributed by atoms with Crippen molar-refractivity contribution >= 4 is 0 Å². The van der Waals surface area contributed by atoms with Crippen LogP contribution in [0, 0.1) is 52.3 Å². The second-order valence-corrected chi connectivity index (χ2v) is 21.5. The highest BCUT2D eigenvalue weighted by molar-refractivity contribution is 5.15. The van der Waals surface area contributed by atoms with Crippen molar-refractivity contribution in [2.75, 3.05) is 26.4 Å². The molecule has 9 fully saturated rings. The normalized spacial score (nSPS) is 58.2. The maximum absolute atomic E-state index is 11.6. The summed E-state index contributed by atoms with van der Waals surface area (Å²) in [5, 5.41) is 106. The molecule has 0 aromatic heterocycles. The van der Waals surface area contributed by atoms with E-state index in [1.807, 2.05) is 0 Å². The lowest BCUT2D eigenvalue weighted by Gasteiger charge is -2.61. The third-order valence-electron chi connectivity index (χ3n) is 18.3. The smallest absolute Gasteiger partial charge is 0.187 e. The minimum absolute atomic E-state index is 0.0658. The maximum Gasteiger partial charge on any atom is 0.187 e. The first-order chi connectivity index (χ1) is 30.0. The predicted molar refractivity (Wildman–Crippen MR) is 216 cm³/mol. The number of aliphatic hydroxyl groups excluding tert-OH is 10. The Morgan fingerprint density at radius 2 is 1.14 bits per heavy atom. The van der Waals surface area contributed by atoms with Gasteiger partial charge < -0.3 is 89.0 Å². The molecule has 362 valence electrons. The molecule has 0 bridgehead atoms. The SMILES string of the molecule is CC1CC[C@@]2(OC1)O[C@H]1C[C@H]3[C@@H]4CCC5C[C@@H](O[C@@H]6O[C@H](CO)[C@H](O)[C@H](O[C@@H]7O[C@H](CO)[C@@H](O)[C@H](O)[C@H]7O)[C@H]6O[C@@H]6O[C@H](CO)[C@@H](O)[C@H](O)[C@H]6O)CC[C@]5(C)[C@H]4CC[C@]3(C)[C@H]1[C@@H]2C. The van der Waals surface area contributed by atoms with E-state index in [0.717, 1.165) is 58.0 Å². The fraction of sp³-hybridized carbons (Fsp3) is 1.00. The van der Waals surface area contributed by atoms with E-state index in [-0.39, 0.29) is 23.0 Å². The summed E-state index contributed by atoms with van der Waals surface area (Å²) in [5.41, 5.74) is 0.261. The van der Waals surface area contributed by atoms with Gasteiger partial charge in [0.2, 0.25) is 0 Å². The Bertz CT molecular complexity index is 1570. The fourth-order valence-electron chi connectivity index (χ4n) is 14.7. The van der Waals surface area contributed by atoms with Gasteiger partial charge in [0, 0.05) is 12.3 Å². The van der Waals surface area contributed by atoms with Crippen LogP contribution in [-0.4, -0.2) is 188 Å². The van der Waals surface area contributed by atoms with Gasteiger partial charge in [0.1, 0.15) is 73.2 Å². The Labute approximate surface area is 369 Å². The Kier molecular flexibility index (Phi) is 13.5. The highest BCUT2D eigenvalue weighted by Crippen LogP contribution is 2.71. The van der Waals surface area contributed by atoms with Gasteiger partial charge in [0.15, 0.2) is 24.7 Å². The molecular weight excluding hydrogens is 828 g/mol. The molecule has 10 N–H and O–H groups in total. The van der Waals surface area contributed by atoms with E-state index >= 15 is 0 Å². The fourth-order valence-corrected chi connectivity index (χ4v) is 14.7. The highest BCUT2D eigenvalue weighted by Gasteiger charge is 2.69. The molecule has 63 heavy (non-hydrogen) atoms. The van der Waals surface area contributed by atoms with Crippen molar-refractivity contribution in [1.29, 1.82) is 0 Å². The number of rotatable bonds is 9. The lowest BCUT2D eigenvalue weighted by atomic mass is 9.44. The zero-order valence-electron chi connectivity index (χ0n) is 37.0. The number of hydrogen-bond donors (Lipinski definition) is 10. The zero-order valence-corrected chi connectivity index (χ0v) is 37.0. The number of aliphatic hydroxyl groups is 10. The molecule has 5 aliphatic heterocycles. The molecule has 9 aliphatic rings. The molecule has 0 radical (unpaired) electrons. The van der Waals surface area contributed by atoms with E-state index in [1.54, 1.807) is 0 Å². The van der Waals surface area contributed by atoms with Crippen LogP contribution in [0.2, 0.25) is 0 Å². The van der Waals surface area contributed by atoms with Crippen LogP contribution in [0.1, 0.15) is 91.9 Å². The number of fused-ring (bicyclic) bond motifs is 7. The van der Waals surface area contributed by atoms with Crippen molar-refractivity contribution < 1.29 is 89.0 Å². The van der Waals surface area contributed by atoms with E-state index in [4.69, 9.17) is 37.9 Å². The van der Waals surface area contributed by atoms with Crippen LogP contribution in [0.4, 0.5) is 0 Å². The van der Waals surface area contributed by atoms with Crippen LogP contribution >= 0.6 is 0 Å². The molecule has 0 aromatic carbocycles. The van der Waals surface area contributed by atoms with E-state index in [9.17, 15) is 51.1 Å². The first kappa shape index (κ1) is 47.4. The number of hydrogen-bond acceptors (Lipinski definition) is 18. The molecule has 18 nitrogen and oxygen atoms in total. The lowest BCUT2D eigenvalue weighted by molar-refractivity contribution is -0.396. The first-order valence-electron chi connectivity index (χ1n) is 23.8. The molecule has 5 saturated heterocycles. The minimum atomic E-state index is -1.87. The van der Waals surface area contributed by atoms with Crippen LogP contribution in [0.25, 0.3) is 0 Å². The third kappa shape index (κ3) is 7.88. The Balaban J connectivity index is 0.925. The first-order valence-corrected chi connectivity index (χ1v) is 23.8. The molecule has 27 atom stereocenters. The molecule has 1 spiro atoms. The molecule has 2 unspecified atom stereocenters. The van der Waals surface area contributed by atoms with Crippen LogP contribution in [0.15, 0.2) is 0 Å². The minimum Gasteiger partial charge on any atom is -0.394 e. The third-order valence-corrected chi connectivity index (χ3v) is 18.3. The second kappa shape index (κ2) is 18.0. The quantitative estimate of drug-likeness (QED) is 0.128. The Morgan fingerprint density at radius 3 is 1.75 bits per heavy atom. The molecule has 0 amide bonds. The summed E-state index contributed by atoms with van der Waals surface area (Å²) < 4.78 is 50.2. The van der Waals surface area contributed by atoms with Gasteiger partial charge >= 0.3 is 0 Å². The summed E-state index contributed by atoms with van der Waals surface area (Å²) in [7, 11) is 0. The predicted octanol–water partition coefficient (Wildman–Crippen LogP) is -0.734. The highest BCUT2D eigenvalue weighted by atomic mass is 16.8. The van der Waals surface area contributed by atoms with Gasteiger partial charge in [0.25, 0.3) is 0 Å². The summed E-state index contributed by atoms with van der Waals surface area (Å²) >= 11 is 0. The Hall–Kier alpha value is -0.720. The average Bonchev–Trinajstić information content (AvgIpc) is 3.72. The van der Waals surface area contributed by atoms with Crippen LogP contribution in [0.5, 0.6) is 0 Å². The number of ether oxygens (including phenoxy) is 8. The molecule has 18 heteroatoms. The van der Waals surface area contributed by atoms with Gasteiger partial charge in [-0.3, -0.25) is 0 Å². The van der Waals surface area contributed by atoms with Gasteiger partial charge in [0.05, 0.1) is 38.6 Å². The van der Waals surface area contributed by atoms with Crippen molar-refractivity contribution in [1.82, 2.24) is 0 Å². The van der Waals surface area contributed by atoms with Crippen molar-refractivity contribution in [3.8, 4) is 0 Å². The van der Waals surface area contributed by atoms with Crippen LogP contribution in [0.3, 0.4) is 0 Å². The molecule has 0 aromatic rings. The van der Waals surface area contributed by atoms with Crippen LogP contribution in [-0.2, 0) is 37.9 Å². The largest absolute Gasteiger partial charge is 0.394 e. The van der Waals surface area contributed by atoms with E-state index in [1.165, 1.54) is 0 Å². The molecule has 4 aliphatic carbocycles. The van der Waals surface area contributed by atoms with Crippen molar-refractivity contribution in [2.45, 2.75) is 202 Å². The molecule has 5 heterocycles. The van der Waals surface area contributed by atoms with E-state index in [0.29, 0.717) is 54.3 Å². The maximum atomic E-state index is 11.6. The standard InChI is InChI=1S/C45H74O18/c1-19-7-12-45(56-18-19)20(2)30-26(63-45)14-25-23-6-5-21-13-22(8-10-43(21,3)24(23)9-11-44(25,30)4)57-42-39(62-41-37(55)35(53)32(50)28(16-47)59-41)38(33(51)29(17-48)60-42)61-40-36(54)34(52)31(49)27(15-46)58-40/h19-42,46-55H,5-18H2,1-4H3/t19?,20-,21?,22-,23+,24-,25-,26-,27+,28+,29+,30-,31+,32+,33-,34-,35-,36+,37+,38-,39+,40-,41-,42+,43-,44-,45+/m0/s1.